The minimum Gasteiger partial charge on any atom is -0.380 e. The highest BCUT2D eigenvalue weighted by Gasteiger charge is 2.34. The third-order valence-electron chi connectivity index (χ3n) is 3.78. The molecule has 2 heterocycles. The topological polar surface area (TPSA) is 31.2 Å². The molecule has 0 amide bonds. The lowest BCUT2D eigenvalue weighted by atomic mass is 9.88. The Hall–Kier alpha value is -1.32. The summed E-state index contributed by atoms with van der Waals surface area (Å²) < 4.78 is 7.11. The van der Waals surface area contributed by atoms with Gasteiger partial charge in [-0.15, -0.1) is 0 Å². The van der Waals surface area contributed by atoms with E-state index in [9.17, 15) is 4.79 Å². The normalized spacial score (nSPS) is 17.4. The minimum absolute atomic E-state index is 0.0194. The molecule has 0 unspecified atom stereocenters. The number of benzene rings is 1. The summed E-state index contributed by atoms with van der Waals surface area (Å²) in [5.41, 5.74) is 1.96. The molecule has 1 aliphatic heterocycles. The summed E-state index contributed by atoms with van der Waals surface area (Å²) in [6, 6.07) is 7.32. The number of aryl methyl sites for hydroxylation is 1. The van der Waals surface area contributed by atoms with Gasteiger partial charge in [-0.2, -0.15) is 0 Å². The van der Waals surface area contributed by atoms with Crippen molar-refractivity contribution in [2.24, 2.45) is 5.41 Å². The lowest BCUT2D eigenvalue weighted by Gasteiger charge is -2.38. The lowest BCUT2D eigenvalue weighted by Crippen LogP contribution is -2.45. The molecule has 1 aliphatic rings. The fourth-order valence-corrected chi connectivity index (χ4v) is 2.78. The van der Waals surface area contributed by atoms with E-state index in [2.05, 4.69) is 6.92 Å². The van der Waals surface area contributed by atoms with Crippen LogP contribution in [0.1, 0.15) is 12.5 Å². The Balaban J connectivity index is 2.23. The van der Waals surface area contributed by atoms with E-state index >= 15 is 0 Å². The Bertz CT molecular complexity index is 701. The zero-order valence-corrected chi connectivity index (χ0v) is 11.8. The molecule has 0 aliphatic carbocycles. The van der Waals surface area contributed by atoms with Crippen molar-refractivity contribution in [2.45, 2.75) is 20.4 Å². The Morgan fingerprint density at radius 3 is 2.63 bits per heavy atom. The highest BCUT2D eigenvalue weighted by molar-refractivity contribution is 6.32. The van der Waals surface area contributed by atoms with E-state index in [0.717, 1.165) is 16.5 Å². The molecule has 1 aromatic carbocycles. The van der Waals surface area contributed by atoms with Crippen molar-refractivity contribution in [3.8, 4) is 0 Å². The van der Waals surface area contributed by atoms with E-state index in [4.69, 9.17) is 16.3 Å². The summed E-state index contributed by atoms with van der Waals surface area (Å²) >= 11 is 6.19. The molecule has 4 heteroatoms. The fourth-order valence-electron chi connectivity index (χ4n) is 2.63. The third kappa shape index (κ3) is 2.07. The number of rotatable bonds is 2. The molecule has 1 fully saturated rings. The van der Waals surface area contributed by atoms with Gasteiger partial charge in [0.2, 0.25) is 0 Å². The average molecular weight is 278 g/mol. The Kier molecular flexibility index (Phi) is 2.91. The molecule has 0 bridgehead atoms. The average Bonchev–Trinajstić information content (AvgIpc) is 2.35. The van der Waals surface area contributed by atoms with Crippen LogP contribution in [0.5, 0.6) is 0 Å². The number of hydrogen-bond acceptors (Lipinski definition) is 2. The van der Waals surface area contributed by atoms with Gasteiger partial charge in [0.1, 0.15) is 0 Å². The van der Waals surface area contributed by atoms with Gasteiger partial charge in [-0.3, -0.25) is 4.79 Å². The van der Waals surface area contributed by atoms with Crippen molar-refractivity contribution in [1.29, 1.82) is 0 Å². The predicted octanol–water partition coefficient (Wildman–Crippen LogP) is 3.00. The van der Waals surface area contributed by atoms with Crippen LogP contribution in [-0.4, -0.2) is 17.8 Å². The quantitative estimate of drug-likeness (QED) is 0.845. The van der Waals surface area contributed by atoms with Crippen LogP contribution in [0.3, 0.4) is 0 Å². The predicted molar refractivity (Wildman–Crippen MR) is 76.9 cm³/mol. The number of hydrogen-bond donors (Lipinski definition) is 0. The van der Waals surface area contributed by atoms with E-state index in [1.807, 2.05) is 29.7 Å². The van der Waals surface area contributed by atoms with Gasteiger partial charge in [-0.25, -0.2) is 0 Å². The van der Waals surface area contributed by atoms with E-state index in [1.54, 1.807) is 6.07 Å². The molecule has 0 spiro atoms. The molecule has 0 saturated carbocycles. The van der Waals surface area contributed by atoms with Crippen LogP contribution < -0.4 is 5.56 Å². The van der Waals surface area contributed by atoms with Crippen molar-refractivity contribution in [1.82, 2.24) is 4.57 Å². The van der Waals surface area contributed by atoms with Crippen molar-refractivity contribution in [2.75, 3.05) is 13.2 Å². The molecule has 100 valence electrons. The fraction of sp³-hybridized carbons (Fsp3) is 0.400. The highest BCUT2D eigenvalue weighted by Crippen LogP contribution is 2.31. The smallest absolute Gasteiger partial charge is 0.251 e. The SMILES string of the molecule is Cc1c(Cl)ccc2ccc(=O)n(CC3(C)COC3)c12. The summed E-state index contributed by atoms with van der Waals surface area (Å²) in [4.78, 5) is 12.2. The second kappa shape index (κ2) is 4.36. The molecule has 1 aromatic heterocycles. The van der Waals surface area contributed by atoms with Crippen LogP contribution in [-0.2, 0) is 11.3 Å². The summed E-state index contributed by atoms with van der Waals surface area (Å²) in [6.07, 6.45) is 0. The molecule has 0 N–H and O–H groups in total. The Morgan fingerprint density at radius 1 is 1.32 bits per heavy atom. The van der Waals surface area contributed by atoms with Crippen LogP contribution in [0.2, 0.25) is 5.02 Å². The number of aromatic nitrogens is 1. The van der Waals surface area contributed by atoms with Gasteiger partial charge in [0, 0.05) is 23.0 Å². The minimum atomic E-state index is 0.0194. The van der Waals surface area contributed by atoms with Gasteiger partial charge in [0.15, 0.2) is 0 Å². The van der Waals surface area contributed by atoms with Crippen LogP contribution in [0.15, 0.2) is 29.1 Å². The number of halogens is 1. The van der Waals surface area contributed by atoms with Crippen molar-refractivity contribution in [3.63, 3.8) is 0 Å². The van der Waals surface area contributed by atoms with Gasteiger partial charge >= 0.3 is 0 Å². The van der Waals surface area contributed by atoms with Gasteiger partial charge in [0.05, 0.1) is 18.7 Å². The largest absolute Gasteiger partial charge is 0.380 e. The number of fused-ring (bicyclic) bond motifs is 1. The summed E-state index contributed by atoms with van der Waals surface area (Å²) in [5, 5.41) is 1.74. The van der Waals surface area contributed by atoms with E-state index in [1.165, 1.54) is 0 Å². The molecular weight excluding hydrogens is 262 g/mol. The van der Waals surface area contributed by atoms with E-state index < -0.39 is 0 Å². The second-order valence-electron chi connectivity index (χ2n) is 5.67. The van der Waals surface area contributed by atoms with Crippen LogP contribution >= 0.6 is 11.6 Å². The Labute approximate surface area is 116 Å². The molecule has 3 rings (SSSR count). The van der Waals surface area contributed by atoms with Crippen molar-refractivity contribution < 1.29 is 4.74 Å². The number of nitrogens with zero attached hydrogens (tertiary/aromatic N) is 1. The Morgan fingerprint density at radius 2 is 2.00 bits per heavy atom. The van der Waals surface area contributed by atoms with Crippen molar-refractivity contribution in [3.05, 3.63) is 45.2 Å². The molecule has 0 radical (unpaired) electrons. The van der Waals surface area contributed by atoms with Crippen LogP contribution in [0.4, 0.5) is 0 Å². The summed E-state index contributed by atoms with van der Waals surface area (Å²) in [5.74, 6) is 0. The first-order chi connectivity index (χ1) is 9.00. The second-order valence-corrected chi connectivity index (χ2v) is 6.08. The van der Waals surface area contributed by atoms with E-state index in [0.29, 0.717) is 24.8 Å². The first-order valence-corrected chi connectivity index (χ1v) is 6.74. The standard InChI is InChI=1S/C15H16ClNO2/c1-10-12(16)5-3-11-4-6-13(18)17(14(10)11)7-15(2)8-19-9-15/h3-6H,7-9H2,1-2H3. The maximum atomic E-state index is 12.2. The van der Waals surface area contributed by atoms with Gasteiger partial charge in [0.25, 0.3) is 5.56 Å². The highest BCUT2D eigenvalue weighted by atomic mass is 35.5. The maximum absolute atomic E-state index is 12.2. The number of pyridine rings is 1. The van der Waals surface area contributed by atoms with Gasteiger partial charge < -0.3 is 9.30 Å². The summed E-state index contributed by atoms with van der Waals surface area (Å²) in [7, 11) is 0. The van der Waals surface area contributed by atoms with Crippen molar-refractivity contribution >= 4 is 22.5 Å². The third-order valence-corrected chi connectivity index (χ3v) is 4.19. The molecular formula is C15H16ClNO2. The zero-order chi connectivity index (χ0) is 13.6. The number of ether oxygens (including phenoxy) is 1. The first-order valence-electron chi connectivity index (χ1n) is 6.37. The van der Waals surface area contributed by atoms with Crippen LogP contribution in [0, 0.1) is 12.3 Å². The molecule has 0 atom stereocenters. The summed E-state index contributed by atoms with van der Waals surface area (Å²) in [6.45, 7) is 6.18. The van der Waals surface area contributed by atoms with Gasteiger partial charge in [-0.1, -0.05) is 24.6 Å². The first kappa shape index (κ1) is 12.7. The molecule has 19 heavy (non-hydrogen) atoms. The van der Waals surface area contributed by atoms with E-state index in [-0.39, 0.29) is 11.0 Å². The molecule has 1 saturated heterocycles. The molecule has 2 aromatic rings. The molecule has 3 nitrogen and oxygen atoms in total. The lowest BCUT2D eigenvalue weighted by molar-refractivity contribution is -0.110. The maximum Gasteiger partial charge on any atom is 0.251 e. The zero-order valence-electron chi connectivity index (χ0n) is 11.1. The van der Waals surface area contributed by atoms with Gasteiger partial charge in [-0.05, 0) is 30.0 Å². The van der Waals surface area contributed by atoms with Crippen LogP contribution in [0.25, 0.3) is 10.9 Å². The monoisotopic (exact) mass is 277 g/mol.